The summed E-state index contributed by atoms with van der Waals surface area (Å²) in [7, 11) is 1.66. The molecule has 0 amide bonds. The number of hydrogen-bond acceptors (Lipinski definition) is 4. The van der Waals surface area contributed by atoms with Crippen molar-refractivity contribution in [2.75, 3.05) is 13.7 Å². The van der Waals surface area contributed by atoms with Gasteiger partial charge in [0.2, 0.25) is 0 Å². The summed E-state index contributed by atoms with van der Waals surface area (Å²) in [5.74, 6) is 7.58. The van der Waals surface area contributed by atoms with E-state index < -0.39 is 0 Å². The van der Waals surface area contributed by atoms with Crippen LogP contribution in [0.5, 0.6) is 5.75 Å². The SMILES string of the molecule is COc1ccc(C#CCN)c(CSc2ncccc2Br)c1. The lowest BCUT2D eigenvalue weighted by Crippen LogP contribution is -1.95. The molecule has 0 saturated heterocycles. The maximum absolute atomic E-state index is 5.45. The highest BCUT2D eigenvalue weighted by atomic mass is 79.9. The van der Waals surface area contributed by atoms with Crippen molar-refractivity contribution in [2.24, 2.45) is 5.73 Å². The van der Waals surface area contributed by atoms with Crippen molar-refractivity contribution in [3.05, 3.63) is 52.1 Å². The zero-order valence-corrected chi connectivity index (χ0v) is 14.0. The molecule has 0 unspecified atom stereocenters. The first kappa shape index (κ1) is 15.9. The van der Waals surface area contributed by atoms with Gasteiger partial charge in [-0.25, -0.2) is 4.98 Å². The zero-order chi connectivity index (χ0) is 15.1. The van der Waals surface area contributed by atoms with Crippen LogP contribution in [0.1, 0.15) is 11.1 Å². The van der Waals surface area contributed by atoms with Crippen LogP contribution >= 0.6 is 27.7 Å². The minimum absolute atomic E-state index is 0.352. The Morgan fingerprint density at radius 2 is 2.24 bits per heavy atom. The molecule has 3 nitrogen and oxygen atoms in total. The first-order chi connectivity index (χ1) is 10.2. The normalized spacial score (nSPS) is 9.86. The fraction of sp³-hybridized carbons (Fsp3) is 0.188. The fourth-order valence-electron chi connectivity index (χ4n) is 1.71. The van der Waals surface area contributed by atoms with Crippen molar-refractivity contribution in [3.8, 4) is 17.6 Å². The highest BCUT2D eigenvalue weighted by Gasteiger charge is 2.06. The number of benzene rings is 1. The first-order valence-corrected chi connectivity index (χ1v) is 8.11. The van der Waals surface area contributed by atoms with E-state index >= 15 is 0 Å². The van der Waals surface area contributed by atoms with Crippen molar-refractivity contribution in [2.45, 2.75) is 10.8 Å². The lowest BCUT2D eigenvalue weighted by atomic mass is 10.1. The second-order valence-corrected chi connectivity index (χ2v) is 5.93. The molecule has 2 N–H and O–H groups in total. The van der Waals surface area contributed by atoms with Crippen LogP contribution in [-0.4, -0.2) is 18.6 Å². The predicted molar refractivity (Wildman–Crippen MR) is 90.4 cm³/mol. The molecule has 1 aromatic heterocycles. The summed E-state index contributed by atoms with van der Waals surface area (Å²) in [4.78, 5) is 4.36. The average Bonchev–Trinajstić information content (AvgIpc) is 2.52. The topological polar surface area (TPSA) is 48.1 Å². The maximum atomic E-state index is 5.45. The molecule has 108 valence electrons. The fourth-order valence-corrected chi connectivity index (χ4v) is 3.18. The Kier molecular flexibility index (Phi) is 6.12. The molecule has 0 aliphatic heterocycles. The van der Waals surface area contributed by atoms with Crippen LogP contribution < -0.4 is 10.5 Å². The molecular weight excluding hydrogens is 348 g/mol. The molecule has 0 spiro atoms. The smallest absolute Gasteiger partial charge is 0.119 e. The number of pyridine rings is 1. The quantitative estimate of drug-likeness (QED) is 0.668. The third-order valence-electron chi connectivity index (χ3n) is 2.73. The number of hydrogen-bond donors (Lipinski definition) is 1. The van der Waals surface area contributed by atoms with Crippen LogP contribution in [0.25, 0.3) is 0 Å². The van der Waals surface area contributed by atoms with Gasteiger partial charge in [-0.05, 0) is 51.8 Å². The third-order valence-corrected chi connectivity index (χ3v) is 4.68. The van der Waals surface area contributed by atoms with Gasteiger partial charge in [0.05, 0.1) is 13.7 Å². The largest absolute Gasteiger partial charge is 0.497 e. The summed E-state index contributed by atoms with van der Waals surface area (Å²) in [6, 6.07) is 9.76. The summed E-state index contributed by atoms with van der Waals surface area (Å²) in [6.07, 6.45) is 1.79. The number of ether oxygens (including phenoxy) is 1. The molecule has 0 aliphatic rings. The lowest BCUT2D eigenvalue weighted by molar-refractivity contribution is 0.414. The highest BCUT2D eigenvalue weighted by molar-refractivity contribution is 9.10. The molecule has 5 heteroatoms. The molecule has 0 saturated carbocycles. The van der Waals surface area contributed by atoms with Gasteiger partial charge in [-0.3, -0.25) is 0 Å². The number of thioether (sulfide) groups is 1. The van der Waals surface area contributed by atoms with E-state index in [0.717, 1.165) is 32.1 Å². The molecule has 0 radical (unpaired) electrons. The van der Waals surface area contributed by atoms with Crippen molar-refractivity contribution in [1.29, 1.82) is 0 Å². The number of aromatic nitrogens is 1. The Morgan fingerprint density at radius 3 is 2.95 bits per heavy atom. The van der Waals surface area contributed by atoms with Crippen LogP contribution in [0.15, 0.2) is 46.0 Å². The highest BCUT2D eigenvalue weighted by Crippen LogP contribution is 2.29. The molecule has 1 heterocycles. The van der Waals surface area contributed by atoms with Crippen molar-refractivity contribution < 1.29 is 4.74 Å². The summed E-state index contributed by atoms with van der Waals surface area (Å²) in [5.41, 5.74) is 7.53. The lowest BCUT2D eigenvalue weighted by Gasteiger charge is -2.08. The van der Waals surface area contributed by atoms with Gasteiger partial charge in [-0.2, -0.15) is 0 Å². The number of rotatable bonds is 4. The van der Waals surface area contributed by atoms with Crippen molar-refractivity contribution >= 4 is 27.7 Å². The summed E-state index contributed by atoms with van der Waals surface area (Å²) >= 11 is 5.16. The third kappa shape index (κ3) is 4.50. The van der Waals surface area contributed by atoms with E-state index in [2.05, 4.69) is 32.8 Å². The van der Waals surface area contributed by atoms with Gasteiger partial charge in [-0.15, -0.1) is 11.8 Å². The van der Waals surface area contributed by atoms with E-state index in [1.807, 2.05) is 30.3 Å². The van der Waals surface area contributed by atoms with Gasteiger partial charge >= 0.3 is 0 Å². The van der Waals surface area contributed by atoms with Crippen molar-refractivity contribution in [3.63, 3.8) is 0 Å². The molecule has 0 fully saturated rings. The molecule has 0 aliphatic carbocycles. The van der Waals surface area contributed by atoms with Crippen LogP contribution in [0, 0.1) is 11.8 Å². The van der Waals surface area contributed by atoms with Gasteiger partial charge in [-0.1, -0.05) is 11.8 Å². The van der Waals surface area contributed by atoms with Gasteiger partial charge in [0, 0.05) is 22.0 Å². The Hall–Kier alpha value is -1.48. The van der Waals surface area contributed by atoms with Gasteiger partial charge in [0.15, 0.2) is 0 Å². The van der Waals surface area contributed by atoms with E-state index in [9.17, 15) is 0 Å². The number of nitrogens with two attached hydrogens (primary N) is 1. The minimum Gasteiger partial charge on any atom is -0.497 e. The van der Waals surface area contributed by atoms with E-state index in [-0.39, 0.29) is 0 Å². The van der Waals surface area contributed by atoms with Gasteiger partial charge in [0.1, 0.15) is 10.8 Å². The summed E-state index contributed by atoms with van der Waals surface area (Å²) in [5, 5.41) is 0.957. The van der Waals surface area contributed by atoms with Crippen molar-refractivity contribution in [1.82, 2.24) is 4.98 Å². The molecule has 0 atom stereocenters. The first-order valence-electron chi connectivity index (χ1n) is 6.33. The van der Waals surface area contributed by atoms with Gasteiger partial charge < -0.3 is 10.5 Å². The van der Waals surface area contributed by atoms with E-state index in [0.29, 0.717) is 6.54 Å². The Labute approximate surface area is 137 Å². The van der Waals surface area contributed by atoms with Crippen LogP contribution in [0.3, 0.4) is 0 Å². The summed E-state index contributed by atoms with van der Waals surface area (Å²) in [6.45, 7) is 0.352. The predicted octanol–water partition coefficient (Wildman–Crippen LogP) is 3.46. The van der Waals surface area contributed by atoms with E-state index in [1.54, 1.807) is 25.1 Å². The average molecular weight is 363 g/mol. The van der Waals surface area contributed by atoms with E-state index in [4.69, 9.17) is 10.5 Å². The summed E-state index contributed by atoms with van der Waals surface area (Å²) < 4.78 is 6.28. The molecule has 0 bridgehead atoms. The van der Waals surface area contributed by atoms with E-state index in [1.165, 1.54) is 0 Å². The van der Waals surface area contributed by atoms with Crippen LogP contribution in [0.4, 0.5) is 0 Å². The van der Waals surface area contributed by atoms with Gasteiger partial charge in [0.25, 0.3) is 0 Å². The molecule has 2 rings (SSSR count). The standard InChI is InChI=1S/C16H15BrN2OS/c1-20-14-7-6-12(4-2-8-18)13(10-14)11-21-16-15(17)5-3-9-19-16/h3,5-7,9-10H,8,11,18H2,1H3. The Bertz CT molecular complexity index is 679. The second-order valence-electron chi connectivity index (χ2n) is 4.11. The molecular formula is C16H15BrN2OS. The number of halogens is 1. The number of nitrogens with zero attached hydrogens (tertiary/aromatic N) is 1. The monoisotopic (exact) mass is 362 g/mol. The zero-order valence-electron chi connectivity index (χ0n) is 11.6. The minimum atomic E-state index is 0.352. The van der Waals surface area contributed by atoms with Crippen LogP contribution in [0.2, 0.25) is 0 Å². The second kappa shape index (κ2) is 8.08. The Balaban J connectivity index is 2.23. The molecule has 1 aromatic carbocycles. The number of methoxy groups -OCH3 is 1. The van der Waals surface area contributed by atoms with Crippen LogP contribution in [-0.2, 0) is 5.75 Å². The molecule has 2 aromatic rings. The maximum Gasteiger partial charge on any atom is 0.119 e. The molecule has 21 heavy (non-hydrogen) atoms. The Morgan fingerprint density at radius 1 is 1.38 bits per heavy atom.